The molecule has 2 nitrogen and oxygen atoms in total. The minimum Gasteiger partial charge on any atom is -0.314 e. The molecule has 1 saturated carbocycles. The summed E-state index contributed by atoms with van der Waals surface area (Å²) in [6.07, 6.45) is 2.83. The molecule has 18 heavy (non-hydrogen) atoms. The molecule has 2 heterocycles. The monoisotopic (exact) mass is 372 g/mol. The number of rotatable bonds is 3. The van der Waals surface area contributed by atoms with Crippen molar-refractivity contribution < 1.29 is 0 Å². The summed E-state index contributed by atoms with van der Waals surface area (Å²) < 4.78 is 1.31. The number of halogens is 3. The number of thiophene rings is 1. The van der Waals surface area contributed by atoms with E-state index in [1.54, 1.807) is 4.88 Å². The van der Waals surface area contributed by atoms with Crippen LogP contribution >= 0.6 is 52.1 Å². The number of piperazine rings is 1. The first-order valence-electron chi connectivity index (χ1n) is 6.04. The molecule has 1 N–H and O–H groups in total. The summed E-state index contributed by atoms with van der Waals surface area (Å²) in [5.41, 5.74) is 0. The Bertz CT molecular complexity index is 365. The van der Waals surface area contributed by atoms with Crippen LogP contribution in [-0.2, 0) is 0 Å². The van der Waals surface area contributed by atoms with Crippen LogP contribution in [-0.4, -0.2) is 31.1 Å². The van der Waals surface area contributed by atoms with Gasteiger partial charge in [0, 0.05) is 41.6 Å². The molecule has 1 atom stereocenters. The Morgan fingerprint density at radius 3 is 2.44 bits per heavy atom. The summed E-state index contributed by atoms with van der Waals surface area (Å²) in [6, 6.07) is 2.87. The standard InChI is InChI=1S/C12H17BrN2S.2ClH/c13-10-3-8-16-12(10)11(9-1-2-9)15-6-4-14-5-7-15;;/h3,8-9,11,14H,1-2,4-7H2;2*1H/t11-;;/m1../s1. The molecule has 2 aliphatic rings. The molecule has 0 amide bonds. The summed E-state index contributed by atoms with van der Waals surface area (Å²) in [5.74, 6) is 0.910. The first-order chi connectivity index (χ1) is 7.86. The molecule has 3 rings (SSSR count). The maximum Gasteiger partial charge on any atom is 0.0482 e. The fourth-order valence-corrected chi connectivity index (χ4v) is 4.40. The van der Waals surface area contributed by atoms with Crippen molar-refractivity contribution in [1.82, 2.24) is 10.2 Å². The fraction of sp³-hybridized carbons (Fsp3) is 0.667. The second kappa shape index (κ2) is 7.46. The van der Waals surface area contributed by atoms with E-state index in [0.29, 0.717) is 6.04 Å². The van der Waals surface area contributed by atoms with Gasteiger partial charge in [-0.3, -0.25) is 4.90 Å². The van der Waals surface area contributed by atoms with Gasteiger partial charge in [0.05, 0.1) is 0 Å². The van der Waals surface area contributed by atoms with Crippen LogP contribution in [0.1, 0.15) is 23.8 Å². The van der Waals surface area contributed by atoms with Gasteiger partial charge in [0.25, 0.3) is 0 Å². The lowest BCUT2D eigenvalue weighted by atomic mass is 10.1. The summed E-state index contributed by atoms with van der Waals surface area (Å²) in [6.45, 7) is 4.69. The SMILES string of the molecule is Brc1ccsc1[C@@H](C1CC1)N1CCNCC1.Cl.Cl. The van der Waals surface area contributed by atoms with Crippen LogP contribution in [0.4, 0.5) is 0 Å². The molecule has 0 unspecified atom stereocenters. The van der Waals surface area contributed by atoms with Crippen LogP contribution in [0.25, 0.3) is 0 Å². The Hall–Kier alpha value is 0.680. The average Bonchev–Trinajstić information content (AvgIpc) is 3.05. The Morgan fingerprint density at radius 2 is 1.94 bits per heavy atom. The summed E-state index contributed by atoms with van der Waals surface area (Å²) in [7, 11) is 0. The average molecular weight is 374 g/mol. The van der Waals surface area contributed by atoms with Crippen LogP contribution in [0.5, 0.6) is 0 Å². The maximum absolute atomic E-state index is 3.70. The third-order valence-electron chi connectivity index (χ3n) is 3.53. The normalized spacial score (nSPS) is 21.8. The van der Waals surface area contributed by atoms with Crippen molar-refractivity contribution in [2.24, 2.45) is 5.92 Å². The Morgan fingerprint density at radius 1 is 1.28 bits per heavy atom. The Balaban J connectivity index is 0.000000810. The van der Waals surface area contributed by atoms with Crippen LogP contribution in [0.2, 0.25) is 0 Å². The number of nitrogens with zero attached hydrogens (tertiary/aromatic N) is 1. The van der Waals surface area contributed by atoms with Crippen molar-refractivity contribution in [3.63, 3.8) is 0 Å². The molecular formula is C12H19BrCl2N2S. The van der Waals surface area contributed by atoms with Gasteiger partial charge in [-0.1, -0.05) is 0 Å². The van der Waals surface area contributed by atoms with Gasteiger partial charge >= 0.3 is 0 Å². The predicted molar refractivity (Wildman–Crippen MR) is 86.4 cm³/mol. The van der Waals surface area contributed by atoms with E-state index in [4.69, 9.17) is 0 Å². The molecular weight excluding hydrogens is 355 g/mol. The largest absolute Gasteiger partial charge is 0.314 e. The highest BCUT2D eigenvalue weighted by molar-refractivity contribution is 9.10. The van der Waals surface area contributed by atoms with E-state index in [1.807, 2.05) is 11.3 Å². The van der Waals surface area contributed by atoms with Crippen molar-refractivity contribution in [2.45, 2.75) is 18.9 Å². The lowest BCUT2D eigenvalue weighted by Gasteiger charge is -2.35. The zero-order valence-electron chi connectivity index (χ0n) is 10.1. The van der Waals surface area contributed by atoms with Crippen molar-refractivity contribution in [3.05, 3.63) is 20.8 Å². The van der Waals surface area contributed by atoms with Crippen LogP contribution < -0.4 is 5.32 Å². The van der Waals surface area contributed by atoms with E-state index in [9.17, 15) is 0 Å². The summed E-state index contributed by atoms with van der Waals surface area (Å²) in [5, 5.41) is 5.64. The van der Waals surface area contributed by atoms with Gasteiger partial charge in [0.15, 0.2) is 0 Å². The van der Waals surface area contributed by atoms with Gasteiger partial charge in [0.2, 0.25) is 0 Å². The van der Waals surface area contributed by atoms with Gasteiger partial charge in [-0.15, -0.1) is 36.2 Å². The molecule has 0 bridgehead atoms. The van der Waals surface area contributed by atoms with Crippen LogP contribution in [0.15, 0.2) is 15.9 Å². The maximum atomic E-state index is 3.70. The van der Waals surface area contributed by atoms with Gasteiger partial charge in [0.1, 0.15) is 0 Å². The van der Waals surface area contributed by atoms with Gasteiger partial charge in [-0.05, 0) is 46.1 Å². The molecule has 0 radical (unpaired) electrons. The highest BCUT2D eigenvalue weighted by atomic mass is 79.9. The zero-order valence-corrected chi connectivity index (χ0v) is 14.1. The molecule has 0 aromatic carbocycles. The lowest BCUT2D eigenvalue weighted by Crippen LogP contribution is -2.45. The van der Waals surface area contributed by atoms with Crippen LogP contribution in [0.3, 0.4) is 0 Å². The number of hydrogen-bond donors (Lipinski definition) is 1. The topological polar surface area (TPSA) is 15.3 Å². The Labute approximate surface area is 133 Å². The van der Waals surface area contributed by atoms with Crippen molar-refractivity contribution in [1.29, 1.82) is 0 Å². The van der Waals surface area contributed by atoms with Crippen molar-refractivity contribution in [3.8, 4) is 0 Å². The first kappa shape index (κ1) is 16.7. The van der Waals surface area contributed by atoms with E-state index in [0.717, 1.165) is 19.0 Å². The van der Waals surface area contributed by atoms with Crippen molar-refractivity contribution >= 4 is 52.1 Å². The lowest BCUT2D eigenvalue weighted by molar-refractivity contribution is 0.158. The number of nitrogens with one attached hydrogen (secondary N) is 1. The van der Waals surface area contributed by atoms with Gasteiger partial charge in [-0.25, -0.2) is 0 Å². The molecule has 104 valence electrons. The molecule has 6 heteroatoms. The summed E-state index contributed by atoms with van der Waals surface area (Å²) >= 11 is 5.61. The van der Waals surface area contributed by atoms with E-state index in [1.165, 1.54) is 30.4 Å². The fourth-order valence-electron chi connectivity index (χ4n) is 2.57. The minimum atomic E-state index is 0. The van der Waals surface area contributed by atoms with Gasteiger partial charge < -0.3 is 5.32 Å². The highest BCUT2D eigenvalue weighted by Gasteiger charge is 2.38. The second-order valence-electron chi connectivity index (χ2n) is 4.70. The summed E-state index contributed by atoms with van der Waals surface area (Å²) in [4.78, 5) is 4.22. The molecule has 1 aliphatic heterocycles. The van der Waals surface area contributed by atoms with Gasteiger partial charge in [-0.2, -0.15) is 0 Å². The predicted octanol–water partition coefficient (Wildman–Crippen LogP) is 3.71. The molecule has 2 fully saturated rings. The number of hydrogen-bond acceptors (Lipinski definition) is 3. The first-order valence-corrected chi connectivity index (χ1v) is 7.71. The third-order valence-corrected chi connectivity index (χ3v) is 5.47. The quantitative estimate of drug-likeness (QED) is 0.868. The Kier molecular flexibility index (Phi) is 6.93. The second-order valence-corrected chi connectivity index (χ2v) is 6.50. The van der Waals surface area contributed by atoms with Crippen molar-refractivity contribution in [2.75, 3.05) is 26.2 Å². The molecule has 1 aliphatic carbocycles. The molecule has 1 saturated heterocycles. The highest BCUT2D eigenvalue weighted by Crippen LogP contribution is 2.48. The van der Waals surface area contributed by atoms with Crippen LogP contribution in [0, 0.1) is 5.92 Å². The zero-order chi connectivity index (χ0) is 11.0. The van der Waals surface area contributed by atoms with E-state index in [2.05, 4.69) is 37.6 Å². The third kappa shape index (κ3) is 3.62. The smallest absolute Gasteiger partial charge is 0.0482 e. The molecule has 1 aromatic heterocycles. The van der Waals surface area contributed by atoms with E-state index < -0.39 is 0 Å². The molecule has 1 aromatic rings. The van der Waals surface area contributed by atoms with E-state index in [-0.39, 0.29) is 24.8 Å². The molecule has 0 spiro atoms. The minimum absolute atomic E-state index is 0. The van der Waals surface area contributed by atoms with E-state index >= 15 is 0 Å².